The predicted molar refractivity (Wildman–Crippen MR) is 146 cm³/mol. The van der Waals surface area contributed by atoms with Crippen molar-refractivity contribution in [3.8, 4) is 0 Å². The number of pyridine rings is 2. The fourth-order valence-corrected chi connectivity index (χ4v) is 5.91. The molecule has 0 bridgehead atoms. The van der Waals surface area contributed by atoms with Gasteiger partial charge in [0.2, 0.25) is 0 Å². The van der Waals surface area contributed by atoms with Gasteiger partial charge >= 0.3 is 6.09 Å². The Morgan fingerprint density at radius 3 is 2.68 bits per heavy atom. The molecule has 10 heteroatoms. The number of hydrogen-bond donors (Lipinski definition) is 2. The molecule has 9 nitrogen and oxygen atoms in total. The summed E-state index contributed by atoms with van der Waals surface area (Å²) in [7, 11) is 0. The first-order valence-corrected chi connectivity index (χ1v) is 13.6. The van der Waals surface area contributed by atoms with Crippen LogP contribution in [0.1, 0.15) is 53.8 Å². The molecule has 2 aliphatic rings. The van der Waals surface area contributed by atoms with Gasteiger partial charge in [0.1, 0.15) is 15.3 Å². The highest BCUT2D eigenvalue weighted by Gasteiger charge is 2.28. The standard InChI is InChI=1S/C27H34N6O3S/c1-16-5-8-20-22(28)23(37-25(20)30-16)24(34)31-18-7-6-17-13-19(15-29-21(17)14-18)32-9-11-33(12-10-32)26(35)36-27(2,3)4/h5,8,13,15,18H,6-7,9-12,14,28H2,1-4H3,(H,31,34). The number of fused-ring (bicyclic) bond motifs is 2. The van der Waals surface area contributed by atoms with Crippen LogP contribution in [-0.2, 0) is 17.6 Å². The maximum atomic E-state index is 13.0. The van der Waals surface area contributed by atoms with Gasteiger partial charge in [-0.1, -0.05) is 0 Å². The third kappa shape index (κ3) is 5.49. The Hall–Kier alpha value is -3.40. The number of nitrogens with one attached hydrogen (secondary N) is 1. The first-order chi connectivity index (χ1) is 17.6. The fourth-order valence-electron chi connectivity index (χ4n) is 4.87. The molecule has 0 aromatic carbocycles. The molecule has 0 radical (unpaired) electrons. The molecule has 1 unspecified atom stereocenters. The van der Waals surface area contributed by atoms with Crippen molar-refractivity contribution in [2.24, 2.45) is 0 Å². The molecule has 0 saturated carbocycles. The molecule has 1 aliphatic heterocycles. The lowest BCUT2D eigenvalue weighted by atomic mass is 9.91. The Balaban J connectivity index is 1.19. The van der Waals surface area contributed by atoms with Crippen LogP contribution < -0.4 is 16.0 Å². The van der Waals surface area contributed by atoms with Gasteiger partial charge in [-0.05, 0) is 64.3 Å². The van der Waals surface area contributed by atoms with Gasteiger partial charge in [-0.15, -0.1) is 11.3 Å². The van der Waals surface area contributed by atoms with Crippen LogP contribution in [0.25, 0.3) is 10.2 Å². The molecular weight excluding hydrogens is 488 g/mol. The van der Waals surface area contributed by atoms with Crippen LogP contribution in [-0.4, -0.2) is 64.7 Å². The van der Waals surface area contributed by atoms with E-state index in [0.717, 1.165) is 53.2 Å². The largest absolute Gasteiger partial charge is 0.444 e. The van der Waals surface area contributed by atoms with Crippen molar-refractivity contribution in [1.29, 1.82) is 0 Å². The van der Waals surface area contributed by atoms with E-state index >= 15 is 0 Å². The zero-order valence-electron chi connectivity index (χ0n) is 21.8. The zero-order valence-corrected chi connectivity index (χ0v) is 22.7. The van der Waals surface area contributed by atoms with Gasteiger partial charge in [0, 0.05) is 55.4 Å². The molecule has 3 aromatic heterocycles. The summed E-state index contributed by atoms with van der Waals surface area (Å²) in [5.41, 5.74) is 10.5. The maximum Gasteiger partial charge on any atom is 0.410 e. The van der Waals surface area contributed by atoms with Crippen LogP contribution in [0.3, 0.4) is 0 Å². The maximum absolute atomic E-state index is 13.0. The molecule has 4 heterocycles. The lowest BCUT2D eigenvalue weighted by Gasteiger charge is -2.37. The quantitative estimate of drug-likeness (QED) is 0.536. The van der Waals surface area contributed by atoms with Crippen molar-refractivity contribution in [1.82, 2.24) is 20.2 Å². The Kier molecular flexibility index (Phi) is 6.70. The lowest BCUT2D eigenvalue weighted by molar-refractivity contribution is 0.0240. The number of nitrogen functional groups attached to an aromatic ring is 1. The summed E-state index contributed by atoms with van der Waals surface area (Å²) in [5.74, 6) is -0.147. The number of amides is 2. The minimum atomic E-state index is -0.491. The summed E-state index contributed by atoms with van der Waals surface area (Å²) in [6.07, 6.45) is 4.03. The van der Waals surface area contributed by atoms with E-state index < -0.39 is 5.60 Å². The van der Waals surface area contributed by atoms with Gasteiger partial charge in [-0.25, -0.2) is 9.78 Å². The summed E-state index contributed by atoms with van der Waals surface area (Å²) in [5, 5.41) is 4.00. The Bertz CT molecular complexity index is 1340. The highest BCUT2D eigenvalue weighted by atomic mass is 32.1. The molecule has 5 rings (SSSR count). The second-order valence-electron chi connectivity index (χ2n) is 10.8. The summed E-state index contributed by atoms with van der Waals surface area (Å²) < 4.78 is 5.50. The van der Waals surface area contributed by atoms with Crippen molar-refractivity contribution in [2.45, 2.75) is 58.6 Å². The number of aryl methyl sites for hydroxylation is 2. The molecule has 2 amide bonds. The Morgan fingerprint density at radius 2 is 1.95 bits per heavy atom. The second-order valence-corrected chi connectivity index (χ2v) is 11.8. The van der Waals surface area contributed by atoms with Crippen molar-refractivity contribution < 1.29 is 14.3 Å². The Morgan fingerprint density at radius 1 is 1.19 bits per heavy atom. The molecule has 0 spiro atoms. The number of nitrogens with zero attached hydrogens (tertiary/aromatic N) is 4. The molecule has 1 fully saturated rings. The van der Waals surface area contributed by atoms with Crippen molar-refractivity contribution in [3.63, 3.8) is 0 Å². The van der Waals surface area contributed by atoms with Crippen LogP contribution in [0, 0.1) is 6.92 Å². The van der Waals surface area contributed by atoms with Crippen LogP contribution in [0.2, 0.25) is 0 Å². The summed E-state index contributed by atoms with van der Waals surface area (Å²) >= 11 is 1.34. The number of aromatic nitrogens is 2. The smallest absolute Gasteiger partial charge is 0.410 e. The van der Waals surface area contributed by atoms with E-state index in [9.17, 15) is 9.59 Å². The fraction of sp³-hybridized carbons (Fsp3) is 0.481. The molecule has 1 atom stereocenters. The molecule has 1 saturated heterocycles. The molecule has 1 aliphatic carbocycles. The van der Waals surface area contributed by atoms with Gasteiger partial charge in [-0.3, -0.25) is 9.78 Å². The van der Waals surface area contributed by atoms with E-state index in [2.05, 4.69) is 21.3 Å². The van der Waals surface area contributed by atoms with E-state index in [0.29, 0.717) is 30.1 Å². The first kappa shape index (κ1) is 25.3. The van der Waals surface area contributed by atoms with E-state index in [4.69, 9.17) is 15.5 Å². The number of piperazine rings is 1. The normalized spacial score (nSPS) is 18.0. The third-order valence-corrected chi connectivity index (χ3v) is 7.93. The number of anilines is 2. The van der Waals surface area contributed by atoms with Crippen LogP contribution in [0.4, 0.5) is 16.2 Å². The van der Waals surface area contributed by atoms with Crippen LogP contribution in [0.15, 0.2) is 24.4 Å². The number of thiophene rings is 1. The second kappa shape index (κ2) is 9.81. The van der Waals surface area contributed by atoms with Gasteiger partial charge in [0.15, 0.2) is 0 Å². The predicted octanol–water partition coefficient (Wildman–Crippen LogP) is 3.93. The third-order valence-electron chi connectivity index (χ3n) is 6.82. The summed E-state index contributed by atoms with van der Waals surface area (Å²) in [6, 6.07) is 6.05. The van der Waals surface area contributed by atoms with E-state index in [1.54, 1.807) is 4.90 Å². The van der Waals surface area contributed by atoms with Gasteiger partial charge in [0.05, 0.1) is 17.6 Å². The van der Waals surface area contributed by atoms with Crippen molar-refractivity contribution in [3.05, 3.63) is 46.2 Å². The lowest BCUT2D eigenvalue weighted by Crippen LogP contribution is -2.50. The van der Waals surface area contributed by atoms with Crippen LogP contribution in [0.5, 0.6) is 0 Å². The number of ether oxygens (including phenoxy) is 1. The number of rotatable bonds is 3. The minimum Gasteiger partial charge on any atom is -0.444 e. The topological polar surface area (TPSA) is 114 Å². The monoisotopic (exact) mass is 522 g/mol. The van der Waals surface area contributed by atoms with Gasteiger partial charge < -0.3 is 25.6 Å². The molecular formula is C27H34N6O3S. The summed E-state index contributed by atoms with van der Waals surface area (Å²) in [6.45, 7) is 10.3. The SMILES string of the molecule is Cc1ccc2c(N)c(C(=O)NC3CCc4cc(N5CCN(C(=O)OC(C)(C)C)CC5)cnc4C3)sc2n1. The highest BCUT2D eigenvalue weighted by molar-refractivity contribution is 7.21. The molecule has 196 valence electrons. The van der Waals surface area contributed by atoms with E-state index in [1.807, 2.05) is 46.0 Å². The van der Waals surface area contributed by atoms with E-state index in [-0.39, 0.29) is 18.0 Å². The summed E-state index contributed by atoms with van der Waals surface area (Å²) in [4.78, 5) is 40.0. The molecule has 3 N–H and O–H groups in total. The van der Waals surface area contributed by atoms with Gasteiger partial charge in [-0.2, -0.15) is 0 Å². The number of carbonyl (C=O) groups is 2. The van der Waals surface area contributed by atoms with E-state index in [1.165, 1.54) is 16.9 Å². The number of carbonyl (C=O) groups excluding carboxylic acids is 2. The average Bonchev–Trinajstić information content (AvgIpc) is 3.18. The average molecular weight is 523 g/mol. The highest BCUT2D eigenvalue weighted by Crippen LogP contribution is 2.33. The molecule has 37 heavy (non-hydrogen) atoms. The van der Waals surface area contributed by atoms with Crippen molar-refractivity contribution in [2.75, 3.05) is 36.8 Å². The minimum absolute atomic E-state index is 0.00929. The first-order valence-electron chi connectivity index (χ1n) is 12.7. The van der Waals surface area contributed by atoms with Gasteiger partial charge in [0.25, 0.3) is 5.91 Å². The van der Waals surface area contributed by atoms with Crippen LogP contribution >= 0.6 is 11.3 Å². The van der Waals surface area contributed by atoms with Crippen molar-refractivity contribution >= 4 is 44.9 Å². The Labute approximate surface area is 221 Å². The number of nitrogens with two attached hydrogens (primary N) is 1. The number of hydrogen-bond acceptors (Lipinski definition) is 8. The molecule has 3 aromatic rings. The zero-order chi connectivity index (χ0) is 26.3.